The predicted molar refractivity (Wildman–Crippen MR) is 235 cm³/mol. The van der Waals surface area contributed by atoms with E-state index in [0.29, 0.717) is 58.9 Å². The van der Waals surface area contributed by atoms with Gasteiger partial charge in [-0.1, -0.05) is 12.1 Å². The highest BCUT2D eigenvalue weighted by Crippen LogP contribution is 2.42. The molecule has 0 amide bonds. The maximum atomic E-state index is 12.8. The SMILES string of the molecule is COc1ccc(-c2cc(-c3cc(OC)c(OC)c(OC)c3)nn2C(C)=O)cc1OCCCCN1CCN(CCCOc2ccc(-c3nc4ccccc4s3)cc2OC)CC1. The minimum absolute atomic E-state index is 0.225. The van der Waals surface area contributed by atoms with Crippen LogP contribution < -0.4 is 33.2 Å². The smallest absolute Gasteiger partial charge is 0.244 e. The van der Waals surface area contributed by atoms with E-state index in [0.717, 1.165) is 91.7 Å². The number of methoxy groups -OCH3 is 5. The minimum Gasteiger partial charge on any atom is -0.493 e. The van der Waals surface area contributed by atoms with Gasteiger partial charge in [-0.3, -0.25) is 4.79 Å². The predicted octanol–water partition coefficient (Wildman–Crippen LogP) is 8.44. The molecule has 0 saturated carbocycles. The first kappa shape index (κ1) is 42.3. The molecule has 4 aromatic carbocycles. The van der Waals surface area contributed by atoms with E-state index in [2.05, 4.69) is 27.0 Å². The molecule has 1 aliphatic rings. The summed E-state index contributed by atoms with van der Waals surface area (Å²) < 4.78 is 42.9. The van der Waals surface area contributed by atoms with Crippen molar-refractivity contribution < 1.29 is 38.0 Å². The van der Waals surface area contributed by atoms with Crippen molar-refractivity contribution in [1.29, 1.82) is 0 Å². The van der Waals surface area contributed by atoms with E-state index in [4.69, 9.17) is 38.1 Å². The molecule has 0 N–H and O–H groups in total. The average Bonchev–Trinajstić information content (AvgIpc) is 3.94. The zero-order valence-corrected chi connectivity index (χ0v) is 36.0. The third kappa shape index (κ3) is 9.78. The fraction of sp³-hybridized carbons (Fsp3) is 0.370. The van der Waals surface area contributed by atoms with Crippen LogP contribution >= 0.6 is 11.3 Å². The van der Waals surface area contributed by atoms with Gasteiger partial charge in [-0.15, -0.1) is 11.3 Å². The quantitative estimate of drug-likeness (QED) is 0.0729. The molecule has 0 aliphatic carbocycles. The van der Waals surface area contributed by atoms with Crippen molar-refractivity contribution in [3.63, 3.8) is 0 Å². The standard InChI is InChI=1S/C46H53N5O8S/c1-31(52)51-37(30-36(48-51)34-28-42(55-4)45(57-6)43(29-34)56-5)32-14-16-38(53-2)41(26-32)59-24-10-9-18-49-20-22-50(23-21-49)19-11-25-58-39-17-15-33(27-40(39)54-3)46-47-35-12-7-8-13-44(35)60-46/h7-8,12-17,26-30H,9-11,18-25H2,1-6H3. The van der Waals surface area contributed by atoms with Crippen LogP contribution in [0.15, 0.2) is 78.9 Å². The molecule has 2 aromatic heterocycles. The summed E-state index contributed by atoms with van der Waals surface area (Å²) >= 11 is 1.68. The van der Waals surface area contributed by atoms with Crippen molar-refractivity contribution >= 4 is 27.5 Å². The number of piperazine rings is 1. The number of benzene rings is 4. The number of carbonyl (C=O) groups is 1. The molecule has 316 valence electrons. The van der Waals surface area contributed by atoms with Gasteiger partial charge < -0.3 is 43.0 Å². The highest BCUT2D eigenvalue weighted by molar-refractivity contribution is 7.21. The Morgan fingerprint density at radius 2 is 1.22 bits per heavy atom. The van der Waals surface area contributed by atoms with Gasteiger partial charge in [0.2, 0.25) is 11.7 Å². The summed E-state index contributed by atoms with van der Waals surface area (Å²) in [6, 6.07) is 25.4. The fourth-order valence-corrected chi connectivity index (χ4v) is 8.35. The average molecular weight is 836 g/mol. The summed E-state index contributed by atoms with van der Waals surface area (Å²) in [5, 5.41) is 5.62. The van der Waals surface area contributed by atoms with E-state index in [1.165, 1.54) is 16.3 Å². The van der Waals surface area contributed by atoms with Crippen LogP contribution in [0, 0.1) is 0 Å². The van der Waals surface area contributed by atoms with Gasteiger partial charge in [0.15, 0.2) is 34.5 Å². The Balaban J connectivity index is 0.855. The van der Waals surface area contributed by atoms with Crippen LogP contribution in [0.1, 0.15) is 31.0 Å². The zero-order chi connectivity index (χ0) is 42.0. The first-order valence-electron chi connectivity index (χ1n) is 20.2. The molecule has 13 nitrogen and oxygen atoms in total. The van der Waals surface area contributed by atoms with Crippen molar-refractivity contribution in [2.45, 2.75) is 26.2 Å². The van der Waals surface area contributed by atoms with Crippen molar-refractivity contribution in [2.24, 2.45) is 0 Å². The molecule has 0 bridgehead atoms. The van der Waals surface area contributed by atoms with Gasteiger partial charge >= 0.3 is 0 Å². The molecular formula is C46H53N5O8S. The first-order valence-corrected chi connectivity index (χ1v) is 21.0. The number of fused-ring (bicyclic) bond motifs is 1. The highest BCUT2D eigenvalue weighted by Gasteiger charge is 2.21. The van der Waals surface area contributed by atoms with E-state index in [9.17, 15) is 4.79 Å². The Morgan fingerprint density at radius 1 is 0.617 bits per heavy atom. The third-order valence-corrected chi connectivity index (χ3v) is 11.7. The summed E-state index contributed by atoms with van der Waals surface area (Å²) in [5.41, 5.74) is 4.71. The number of rotatable bonds is 19. The molecule has 3 heterocycles. The molecule has 0 unspecified atom stereocenters. The number of carbonyl (C=O) groups excluding carboxylic acids is 1. The van der Waals surface area contributed by atoms with E-state index < -0.39 is 0 Å². The topological polar surface area (TPSA) is 119 Å². The van der Waals surface area contributed by atoms with Gasteiger partial charge in [-0.2, -0.15) is 9.78 Å². The fourth-order valence-electron chi connectivity index (χ4n) is 7.39. The van der Waals surface area contributed by atoms with Gasteiger partial charge in [-0.25, -0.2) is 4.98 Å². The summed E-state index contributed by atoms with van der Waals surface area (Å²) in [4.78, 5) is 22.6. The second kappa shape index (κ2) is 19.9. The van der Waals surface area contributed by atoms with E-state index >= 15 is 0 Å². The van der Waals surface area contributed by atoms with Gasteiger partial charge in [0.1, 0.15) is 5.01 Å². The Kier molecular flexibility index (Phi) is 14.1. The second-order valence-electron chi connectivity index (χ2n) is 14.4. The lowest BCUT2D eigenvalue weighted by Crippen LogP contribution is -2.46. The lowest BCUT2D eigenvalue weighted by molar-refractivity contribution is 0.0923. The van der Waals surface area contributed by atoms with Crippen molar-refractivity contribution in [3.05, 3.63) is 78.9 Å². The lowest BCUT2D eigenvalue weighted by atomic mass is 10.1. The normalized spacial score (nSPS) is 13.3. The monoisotopic (exact) mass is 835 g/mol. The molecule has 7 rings (SSSR count). The maximum Gasteiger partial charge on any atom is 0.244 e. The van der Waals surface area contributed by atoms with Crippen LogP contribution in [-0.2, 0) is 0 Å². The van der Waals surface area contributed by atoms with Gasteiger partial charge in [0.25, 0.3) is 0 Å². The van der Waals surface area contributed by atoms with E-state index in [-0.39, 0.29) is 5.91 Å². The Morgan fingerprint density at radius 3 is 1.88 bits per heavy atom. The molecule has 14 heteroatoms. The second-order valence-corrected chi connectivity index (χ2v) is 15.4. The summed E-state index contributed by atoms with van der Waals surface area (Å²) in [5.74, 6) is 3.95. The number of thiazole rings is 1. The molecule has 0 atom stereocenters. The van der Waals surface area contributed by atoms with Crippen molar-refractivity contribution in [3.8, 4) is 73.3 Å². The number of aromatic nitrogens is 3. The molecule has 60 heavy (non-hydrogen) atoms. The molecule has 6 aromatic rings. The van der Waals surface area contributed by atoms with Crippen LogP contribution in [0.5, 0.6) is 40.2 Å². The van der Waals surface area contributed by atoms with Crippen LogP contribution in [0.2, 0.25) is 0 Å². The first-order chi connectivity index (χ1) is 29.3. The van der Waals surface area contributed by atoms with Crippen molar-refractivity contribution in [2.75, 3.05) is 88.0 Å². The summed E-state index contributed by atoms with van der Waals surface area (Å²) in [6.45, 7) is 8.83. The molecule has 1 aliphatic heterocycles. The van der Waals surface area contributed by atoms with Gasteiger partial charge in [0, 0.05) is 56.3 Å². The largest absolute Gasteiger partial charge is 0.493 e. The Hall–Kier alpha value is -5.83. The van der Waals surface area contributed by atoms with Crippen LogP contribution in [0.4, 0.5) is 0 Å². The minimum atomic E-state index is -0.225. The zero-order valence-electron chi connectivity index (χ0n) is 35.2. The number of ether oxygens (including phenoxy) is 7. The Labute approximate surface area is 355 Å². The number of nitrogens with zero attached hydrogens (tertiary/aromatic N) is 5. The maximum absolute atomic E-state index is 12.8. The molecule has 1 saturated heterocycles. The number of hydrogen-bond donors (Lipinski definition) is 0. The van der Waals surface area contributed by atoms with Gasteiger partial charge in [0.05, 0.1) is 70.4 Å². The van der Waals surface area contributed by atoms with E-state index in [1.54, 1.807) is 46.9 Å². The highest BCUT2D eigenvalue weighted by atomic mass is 32.1. The van der Waals surface area contributed by atoms with Crippen LogP contribution in [0.3, 0.4) is 0 Å². The third-order valence-electron chi connectivity index (χ3n) is 10.6. The van der Waals surface area contributed by atoms with Crippen molar-refractivity contribution in [1.82, 2.24) is 24.6 Å². The lowest BCUT2D eigenvalue weighted by Gasteiger charge is -2.34. The number of unbranched alkanes of at least 4 members (excludes halogenated alkanes) is 1. The summed E-state index contributed by atoms with van der Waals surface area (Å²) in [7, 11) is 7.98. The van der Waals surface area contributed by atoms with Crippen LogP contribution in [-0.4, -0.2) is 119 Å². The number of hydrogen-bond acceptors (Lipinski definition) is 13. The van der Waals surface area contributed by atoms with Crippen LogP contribution in [0.25, 0.3) is 43.3 Å². The van der Waals surface area contributed by atoms with Gasteiger partial charge in [-0.05, 0) is 92.5 Å². The summed E-state index contributed by atoms with van der Waals surface area (Å²) in [6.07, 6.45) is 2.85. The molecule has 0 radical (unpaired) electrons. The molecule has 0 spiro atoms. The molecule has 1 fully saturated rings. The molecular weight excluding hydrogens is 783 g/mol. The van der Waals surface area contributed by atoms with E-state index in [1.807, 2.05) is 66.7 Å². The number of para-hydroxylation sites is 1. The Bertz CT molecular complexity index is 2330.